The zero-order chi connectivity index (χ0) is 12.7. The van der Waals surface area contributed by atoms with E-state index in [4.69, 9.17) is 5.11 Å². The second-order valence-electron chi connectivity index (χ2n) is 4.59. The van der Waals surface area contributed by atoms with Crippen molar-refractivity contribution in [2.24, 2.45) is 5.92 Å². The van der Waals surface area contributed by atoms with Crippen molar-refractivity contribution in [1.29, 1.82) is 0 Å². The number of rotatable bonds is 6. The Labute approximate surface area is 102 Å². The van der Waals surface area contributed by atoms with Gasteiger partial charge in [-0.2, -0.15) is 0 Å². The van der Waals surface area contributed by atoms with Crippen LogP contribution in [-0.4, -0.2) is 29.7 Å². The predicted octanol–water partition coefficient (Wildman–Crippen LogP) is 1.73. The summed E-state index contributed by atoms with van der Waals surface area (Å²) in [5.41, 5.74) is 0. The number of aliphatic carboxylic acids is 1. The van der Waals surface area contributed by atoms with Gasteiger partial charge in [0, 0.05) is 12.6 Å². The van der Waals surface area contributed by atoms with Crippen molar-refractivity contribution in [3.8, 4) is 0 Å². The van der Waals surface area contributed by atoms with Gasteiger partial charge in [-0.05, 0) is 19.3 Å². The molecule has 1 aliphatic carbocycles. The van der Waals surface area contributed by atoms with E-state index in [2.05, 4.69) is 17.6 Å². The fourth-order valence-corrected chi connectivity index (χ4v) is 2.22. The summed E-state index contributed by atoms with van der Waals surface area (Å²) in [5, 5.41) is 14.5. The van der Waals surface area contributed by atoms with Crippen molar-refractivity contribution in [2.75, 3.05) is 6.54 Å². The Balaban J connectivity index is 2.23. The van der Waals surface area contributed by atoms with Crippen LogP contribution in [0.15, 0.2) is 0 Å². The normalized spacial score (nSPS) is 23.4. The molecule has 98 valence electrons. The number of carbonyl (C=O) groups excluding carboxylic acids is 1. The standard InChI is InChI=1S/C12H22N2O3/c1-2-3-4-8-13-12(17)14-10-7-5-6-9(10)11(15)16/h9-10H,2-8H2,1H3,(H,15,16)(H2,13,14,17). The lowest BCUT2D eigenvalue weighted by molar-refractivity contribution is -0.142. The Hall–Kier alpha value is -1.26. The molecule has 5 heteroatoms. The summed E-state index contributed by atoms with van der Waals surface area (Å²) in [7, 11) is 0. The van der Waals surface area contributed by atoms with E-state index in [1.807, 2.05) is 0 Å². The van der Waals surface area contributed by atoms with Crippen LogP contribution in [0.4, 0.5) is 4.79 Å². The molecule has 0 bridgehead atoms. The summed E-state index contributed by atoms with van der Waals surface area (Å²) in [4.78, 5) is 22.4. The molecule has 1 aliphatic rings. The highest BCUT2D eigenvalue weighted by Gasteiger charge is 2.33. The molecule has 0 radical (unpaired) electrons. The molecule has 2 amide bonds. The molecule has 2 atom stereocenters. The zero-order valence-corrected chi connectivity index (χ0v) is 10.4. The number of urea groups is 1. The number of hydrogen-bond donors (Lipinski definition) is 3. The second kappa shape index (κ2) is 7.14. The predicted molar refractivity (Wildman–Crippen MR) is 64.8 cm³/mol. The molecule has 17 heavy (non-hydrogen) atoms. The Bertz CT molecular complexity index is 268. The molecule has 0 saturated heterocycles. The molecule has 0 aliphatic heterocycles. The van der Waals surface area contributed by atoms with Gasteiger partial charge in [0.2, 0.25) is 0 Å². The average molecular weight is 242 g/mol. The van der Waals surface area contributed by atoms with E-state index < -0.39 is 11.9 Å². The third-order valence-corrected chi connectivity index (χ3v) is 3.22. The first kappa shape index (κ1) is 13.8. The number of nitrogens with one attached hydrogen (secondary N) is 2. The Morgan fingerprint density at radius 1 is 1.29 bits per heavy atom. The van der Waals surface area contributed by atoms with Crippen molar-refractivity contribution in [2.45, 2.75) is 51.5 Å². The lowest BCUT2D eigenvalue weighted by Crippen LogP contribution is -2.45. The van der Waals surface area contributed by atoms with E-state index in [9.17, 15) is 9.59 Å². The molecule has 2 unspecified atom stereocenters. The van der Waals surface area contributed by atoms with Gasteiger partial charge >= 0.3 is 12.0 Å². The summed E-state index contributed by atoms with van der Waals surface area (Å²) < 4.78 is 0. The number of carbonyl (C=O) groups is 2. The fraction of sp³-hybridized carbons (Fsp3) is 0.833. The fourth-order valence-electron chi connectivity index (χ4n) is 2.22. The summed E-state index contributed by atoms with van der Waals surface area (Å²) in [5.74, 6) is -1.23. The Kier molecular flexibility index (Phi) is 5.80. The molecule has 1 fully saturated rings. The van der Waals surface area contributed by atoms with E-state index in [0.29, 0.717) is 13.0 Å². The summed E-state index contributed by atoms with van der Waals surface area (Å²) in [6.07, 6.45) is 5.48. The van der Waals surface area contributed by atoms with Crippen LogP contribution in [-0.2, 0) is 4.79 Å². The zero-order valence-electron chi connectivity index (χ0n) is 10.4. The van der Waals surface area contributed by atoms with Crippen LogP contribution in [0.25, 0.3) is 0 Å². The summed E-state index contributed by atoms with van der Waals surface area (Å²) >= 11 is 0. The van der Waals surface area contributed by atoms with Crippen molar-refractivity contribution in [3.63, 3.8) is 0 Å². The van der Waals surface area contributed by atoms with Gasteiger partial charge in [0.25, 0.3) is 0 Å². The van der Waals surface area contributed by atoms with Crippen LogP contribution in [0.2, 0.25) is 0 Å². The van der Waals surface area contributed by atoms with E-state index in [1.165, 1.54) is 0 Å². The monoisotopic (exact) mass is 242 g/mol. The molecular weight excluding hydrogens is 220 g/mol. The maximum atomic E-state index is 11.5. The minimum atomic E-state index is -0.807. The van der Waals surface area contributed by atoms with Crippen molar-refractivity contribution in [1.82, 2.24) is 10.6 Å². The quantitative estimate of drug-likeness (QED) is 0.621. The van der Waals surface area contributed by atoms with Gasteiger partial charge in [-0.1, -0.05) is 26.2 Å². The van der Waals surface area contributed by atoms with Crippen molar-refractivity contribution >= 4 is 12.0 Å². The Morgan fingerprint density at radius 3 is 2.71 bits per heavy atom. The third-order valence-electron chi connectivity index (χ3n) is 3.22. The topological polar surface area (TPSA) is 78.4 Å². The lowest BCUT2D eigenvalue weighted by atomic mass is 10.0. The minimum Gasteiger partial charge on any atom is -0.481 e. The number of hydrogen-bond acceptors (Lipinski definition) is 2. The molecular formula is C12H22N2O3. The van der Waals surface area contributed by atoms with Crippen LogP contribution in [0, 0.1) is 5.92 Å². The Morgan fingerprint density at radius 2 is 2.06 bits per heavy atom. The number of carboxylic acids is 1. The second-order valence-corrected chi connectivity index (χ2v) is 4.59. The smallest absolute Gasteiger partial charge is 0.315 e. The third kappa shape index (κ3) is 4.63. The van der Waals surface area contributed by atoms with E-state index in [0.717, 1.165) is 32.1 Å². The maximum Gasteiger partial charge on any atom is 0.315 e. The molecule has 5 nitrogen and oxygen atoms in total. The van der Waals surface area contributed by atoms with Crippen LogP contribution in [0.1, 0.15) is 45.4 Å². The number of carboxylic acid groups (broad SMARTS) is 1. The van der Waals surface area contributed by atoms with Gasteiger partial charge in [0.05, 0.1) is 5.92 Å². The highest BCUT2D eigenvalue weighted by molar-refractivity contribution is 5.76. The first-order valence-electron chi connectivity index (χ1n) is 6.42. The molecule has 0 aromatic rings. The molecule has 0 aromatic heterocycles. The van der Waals surface area contributed by atoms with Gasteiger partial charge in [0.1, 0.15) is 0 Å². The number of unbranched alkanes of at least 4 members (excludes halogenated alkanes) is 2. The van der Waals surface area contributed by atoms with Crippen LogP contribution in [0.5, 0.6) is 0 Å². The SMILES string of the molecule is CCCCCNC(=O)NC1CCCC1C(=O)O. The van der Waals surface area contributed by atoms with Crippen LogP contribution in [0.3, 0.4) is 0 Å². The van der Waals surface area contributed by atoms with Gasteiger partial charge < -0.3 is 15.7 Å². The minimum absolute atomic E-state index is 0.210. The van der Waals surface area contributed by atoms with Gasteiger partial charge in [-0.3, -0.25) is 4.79 Å². The van der Waals surface area contributed by atoms with Crippen molar-refractivity contribution in [3.05, 3.63) is 0 Å². The lowest BCUT2D eigenvalue weighted by Gasteiger charge is -2.17. The first-order chi connectivity index (χ1) is 8.15. The maximum absolute atomic E-state index is 11.5. The highest BCUT2D eigenvalue weighted by atomic mass is 16.4. The highest BCUT2D eigenvalue weighted by Crippen LogP contribution is 2.25. The van der Waals surface area contributed by atoms with Crippen LogP contribution >= 0.6 is 0 Å². The molecule has 3 N–H and O–H groups in total. The summed E-state index contributed by atoms with van der Waals surface area (Å²) in [6.45, 7) is 2.76. The molecule has 1 saturated carbocycles. The first-order valence-corrected chi connectivity index (χ1v) is 6.42. The van der Waals surface area contributed by atoms with E-state index in [1.54, 1.807) is 0 Å². The summed E-state index contributed by atoms with van der Waals surface area (Å²) in [6, 6.07) is -0.446. The van der Waals surface area contributed by atoms with Gasteiger partial charge in [0.15, 0.2) is 0 Å². The largest absolute Gasteiger partial charge is 0.481 e. The molecule has 0 aromatic carbocycles. The van der Waals surface area contributed by atoms with Gasteiger partial charge in [-0.15, -0.1) is 0 Å². The van der Waals surface area contributed by atoms with E-state index >= 15 is 0 Å². The number of amides is 2. The van der Waals surface area contributed by atoms with Crippen LogP contribution < -0.4 is 10.6 Å². The molecule has 0 spiro atoms. The molecule has 0 heterocycles. The molecule has 1 rings (SSSR count). The van der Waals surface area contributed by atoms with E-state index in [-0.39, 0.29) is 12.1 Å². The van der Waals surface area contributed by atoms with Crippen molar-refractivity contribution < 1.29 is 14.7 Å². The average Bonchev–Trinajstić information content (AvgIpc) is 2.72. The van der Waals surface area contributed by atoms with Gasteiger partial charge in [-0.25, -0.2) is 4.79 Å².